The van der Waals surface area contributed by atoms with Crippen LogP contribution in [-0.4, -0.2) is 24.7 Å². The molecule has 0 aliphatic rings. The second kappa shape index (κ2) is 5.60. The Morgan fingerprint density at radius 1 is 1.54 bits per heavy atom. The zero-order chi connectivity index (χ0) is 10.3. The average Bonchev–Trinajstić information content (AvgIpc) is 1.94. The number of terminal acetylenes is 1. The van der Waals surface area contributed by atoms with Gasteiger partial charge in [-0.15, -0.1) is 12.3 Å². The lowest BCUT2D eigenvalue weighted by atomic mass is 10.2. The summed E-state index contributed by atoms with van der Waals surface area (Å²) in [5, 5.41) is 2.89. The van der Waals surface area contributed by atoms with E-state index in [1.165, 1.54) is 0 Å². The van der Waals surface area contributed by atoms with Gasteiger partial charge in [0.2, 0.25) is 0 Å². The third-order valence-corrected chi connectivity index (χ3v) is 1.14. The molecule has 0 fully saturated rings. The summed E-state index contributed by atoms with van der Waals surface area (Å²) in [6.07, 6.45) is 5.67. The monoisotopic (exact) mass is 183 g/mol. The van der Waals surface area contributed by atoms with Gasteiger partial charge >= 0.3 is 5.97 Å². The van der Waals surface area contributed by atoms with Gasteiger partial charge in [0.15, 0.2) is 0 Å². The third kappa shape index (κ3) is 8.90. The normalized spacial score (nSPS) is 10.6. The van der Waals surface area contributed by atoms with E-state index >= 15 is 0 Å². The molecular weight excluding hydrogens is 166 g/mol. The second-order valence-corrected chi connectivity index (χ2v) is 3.72. The van der Waals surface area contributed by atoms with Crippen molar-refractivity contribution < 1.29 is 9.53 Å². The predicted octanol–water partition coefficient (Wildman–Crippen LogP) is 0.941. The quantitative estimate of drug-likeness (QED) is 0.400. The van der Waals surface area contributed by atoms with Gasteiger partial charge in [0.25, 0.3) is 0 Å². The number of hydrogen-bond acceptors (Lipinski definition) is 3. The van der Waals surface area contributed by atoms with Crippen LogP contribution in [0.2, 0.25) is 0 Å². The molecule has 0 unspecified atom stereocenters. The van der Waals surface area contributed by atoms with Crippen molar-refractivity contribution >= 4 is 5.97 Å². The topological polar surface area (TPSA) is 38.3 Å². The number of ether oxygens (including phenoxy) is 1. The zero-order valence-corrected chi connectivity index (χ0v) is 8.52. The summed E-state index contributed by atoms with van der Waals surface area (Å²) in [4.78, 5) is 11.1. The van der Waals surface area contributed by atoms with Gasteiger partial charge < -0.3 is 10.1 Å². The number of carbonyl (C=O) groups excluding carboxylic acids is 1. The van der Waals surface area contributed by atoms with Crippen LogP contribution in [0.15, 0.2) is 0 Å². The molecule has 0 rings (SSSR count). The highest BCUT2D eigenvalue weighted by Gasteiger charge is 2.15. The molecule has 0 aromatic rings. The maximum absolute atomic E-state index is 11.1. The van der Waals surface area contributed by atoms with Crippen LogP contribution in [0.4, 0.5) is 0 Å². The molecule has 0 aliphatic heterocycles. The first-order valence-electron chi connectivity index (χ1n) is 4.32. The Kier molecular flexibility index (Phi) is 5.17. The van der Waals surface area contributed by atoms with Crippen molar-refractivity contribution in [3.8, 4) is 12.3 Å². The molecule has 0 radical (unpaired) electrons. The van der Waals surface area contributed by atoms with E-state index in [1.54, 1.807) is 0 Å². The molecule has 0 saturated heterocycles. The van der Waals surface area contributed by atoms with Crippen LogP contribution in [0.3, 0.4) is 0 Å². The molecule has 0 aromatic heterocycles. The summed E-state index contributed by atoms with van der Waals surface area (Å²) in [7, 11) is 0. The minimum Gasteiger partial charge on any atom is -0.459 e. The molecule has 0 saturated carbocycles. The van der Waals surface area contributed by atoms with Crippen molar-refractivity contribution in [3.05, 3.63) is 0 Å². The molecule has 0 heterocycles. The number of esters is 1. The molecule has 3 nitrogen and oxygen atoms in total. The van der Waals surface area contributed by atoms with Crippen LogP contribution in [-0.2, 0) is 9.53 Å². The Morgan fingerprint density at radius 3 is 2.62 bits per heavy atom. The van der Waals surface area contributed by atoms with Crippen molar-refractivity contribution in [1.82, 2.24) is 5.32 Å². The van der Waals surface area contributed by atoms with Crippen LogP contribution < -0.4 is 5.32 Å². The van der Waals surface area contributed by atoms with Crippen LogP contribution >= 0.6 is 0 Å². The number of rotatable bonds is 4. The Labute approximate surface area is 79.8 Å². The van der Waals surface area contributed by atoms with Crippen LogP contribution in [0, 0.1) is 12.3 Å². The van der Waals surface area contributed by atoms with Gasteiger partial charge in [-0.3, -0.25) is 4.79 Å². The highest BCUT2D eigenvalue weighted by molar-refractivity contribution is 5.72. The summed E-state index contributed by atoms with van der Waals surface area (Å²) in [6, 6.07) is 0. The Hall–Kier alpha value is -1.01. The zero-order valence-electron chi connectivity index (χ0n) is 8.52. The van der Waals surface area contributed by atoms with E-state index in [0.29, 0.717) is 13.0 Å². The highest BCUT2D eigenvalue weighted by atomic mass is 16.6. The van der Waals surface area contributed by atoms with E-state index < -0.39 is 5.60 Å². The van der Waals surface area contributed by atoms with E-state index in [-0.39, 0.29) is 12.5 Å². The first kappa shape index (κ1) is 12.0. The number of carbonyl (C=O) groups is 1. The molecule has 0 atom stereocenters. The van der Waals surface area contributed by atoms with Crippen molar-refractivity contribution in [2.45, 2.75) is 32.8 Å². The molecule has 0 spiro atoms. The first-order chi connectivity index (χ1) is 5.95. The molecular formula is C10H17NO2. The fourth-order valence-corrected chi connectivity index (χ4v) is 0.729. The van der Waals surface area contributed by atoms with E-state index in [9.17, 15) is 4.79 Å². The maximum atomic E-state index is 11.1. The fourth-order valence-electron chi connectivity index (χ4n) is 0.729. The summed E-state index contributed by atoms with van der Waals surface area (Å²) < 4.78 is 5.06. The van der Waals surface area contributed by atoms with Crippen molar-refractivity contribution in [2.75, 3.05) is 13.1 Å². The molecule has 0 amide bonds. The maximum Gasteiger partial charge on any atom is 0.320 e. The molecule has 3 heteroatoms. The van der Waals surface area contributed by atoms with Crippen molar-refractivity contribution in [2.24, 2.45) is 0 Å². The van der Waals surface area contributed by atoms with Crippen LogP contribution in [0.25, 0.3) is 0 Å². The largest absolute Gasteiger partial charge is 0.459 e. The highest BCUT2D eigenvalue weighted by Crippen LogP contribution is 2.05. The molecule has 1 N–H and O–H groups in total. The number of hydrogen-bond donors (Lipinski definition) is 1. The van der Waals surface area contributed by atoms with Crippen molar-refractivity contribution in [3.63, 3.8) is 0 Å². The van der Waals surface area contributed by atoms with Crippen LogP contribution in [0.1, 0.15) is 27.2 Å². The predicted molar refractivity (Wildman–Crippen MR) is 52.2 cm³/mol. The van der Waals surface area contributed by atoms with E-state index in [4.69, 9.17) is 11.2 Å². The van der Waals surface area contributed by atoms with E-state index in [0.717, 1.165) is 0 Å². The lowest BCUT2D eigenvalue weighted by Crippen LogP contribution is -2.31. The SMILES string of the molecule is C#CCCNCC(=O)OC(C)(C)C. The molecule has 13 heavy (non-hydrogen) atoms. The molecule has 0 aliphatic carbocycles. The second-order valence-electron chi connectivity index (χ2n) is 3.72. The molecule has 0 bridgehead atoms. The van der Waals surface area contributed by atoms with Gasteiger partial charge in [-0.05, 0) is 20.8 Å². The average molecular weight is 183 g/mol. The van der Waals surface area contributed by atoms with Gasteiger partial charge in [0.05, 0.1) is 6.54 Å². The van der Waals surface area contributed by atoms with Gasteiger partial charge in [-0.2, -0.15) is 0 Å². The summed E-state index contributed by atoms with van der Waals surface area (Å²) in [5.41, 5.74) is -0.412. The Morgan fingerprint density at radius 2 is 2.15 bits per heavy atom. The van der Waals surface area contributed by atoms with Crippen molar-refractivity contribution in [1.29, 1.82) is 0 Å². The van der Waals surface area contributed by atoms with Gasteiger partial charge in [0, 0.05) is 13.0 Å². The molecule has 0 aromatic carbocycles. The first-order valence-corrected chi connectivity index (χ1v) is 4.32. The lowest BCUT2D eigenvalue weighted by molar-refractivity contribution is -0.153. The smallest absolute Gasteiger partial charge is 0.320 e. The Bertz CT molecular complexity index is 198. The van der Waals surface area contributed by atoms with Crippen LogP contribution in [0.5, 0.6) is 0 Å². The third-order valence-electron chi connectivity index (χ3n) is 1.14. The summed E-state index contributed by atoms with van der Waals surface area (Å²) in [6.45, 7) is 6.39. The van der Waals surface area contributed by atoms with Gasteiger partial charge in [-0.1, -0.05) is 0 Å². The fraction of sp³-hybridized carbons (Fsp3) is 0.700. The summed E-state index contributed by atoms with van der Waals surface area (Å²) >= 11 is 0. The number of nitrogens with one attached hydrogen (secondary N) is 1. The van der Waals surface area contributed by atoms with E-state index in [2.05, 4.69) is 11.2 Å². The minimum absolute atomic E-state index is 0.221. The summed E-state index contributed by atoms with van der Waals surface area (Å²) in [5.74, 6) is 2.23. The molecule has 74 valence electrons. The van der Waals surface area contributed by atoms with Gasteiger partial charge in [0.1, 0.15) is 5.60 Å². The lowest BCUT2D eigenvalue weighted by Gasteiger charge is -2.19. The van der Waals surface area contributed by atoms with E-state index in [1.807, 2.05) is 20.8 Å². The minimum atomic E-state index is -0.412. The Balaban J connectivity index is 3.48. The van der Waals surface area contributed by atoms with Gasteiger partial charge in [-0.25, -0.2) is 0 Å². The standard InChI is InChI=1S/C10H17NO2/c1-5-6-7-11-8-9(12)13-10(2,3)4/h1,11H,6-8H2,2-4H3.